The highest BCUT2D eigenvalue weighted by Crippen LogP contribution is 2.22. The quantitative estimate of drug-likeness (QED) is 0.441. The van der Waals surface area contributed by atoms with E-state index >= 15 is 0 Å². The minimum Gasteiger partial charge on any atom is -0.361 e. The van der Waals surface area contributed by atoms with E-state index in [1.54, 1.807) is 12.7 Å². The van der Waals surface area contributed by atoms with Crippen molar-refractivity contribution in [2.75, 3.05) is 33.2 Å². The standard InChI is InChI=1S/C26H32N6/c1-30(15-23-9-12-31(17-23)16-21-5-3-2-4-6-21)11-10-24-14-28-26-8-7-22(13-25(24)26)18-32-20-27-19-29-32/h2-8,13-14,19-20,23,28H,9-12,15-18H2,1H3. The van der Waals surface area contributed by atoms with Crippen LogP contribution in [0.5, 0.6) is 0 Å². The number of aromatic amines is 1. The molecule has 0 saturated carbocycles. The average Bonchev–Trinajstić information content (AvgIpc) is 3.55. The molecule has 1 N–H and O–H groups in total. The summed E-state index contributed by atoms with van der Waals surface area (Å²) in [6, 6.07) is 17.5. The highest BCUT2D eigenvalue weighted by molar-refractivity contribution is 5.83. The molecule has 3 heterocycles. The number of fused-ring (bicyclic) bond motifs is 1. The lowest BCUT2D eigenvalue weighted by molar-refractivity contribution is 0.262. The molecule has 6 heteroatoms. The maximum absolute atomic E-state index is 4.23. The molecule has 4 aromatic rings. The van der Waals surface area contributed by atoms with E-state index in [-0.39, 0.29) is 0 Å². The van der Waals surface area contributed by atoms with Gasteiger partial charge in [-0.3, -0.25) is 4.90 Å². The zero-order chi connectivity index (χ0) is 21.8. The summed E-state index contributed by atoms with van der Waals surface area (Å²) in [6.07, 6.45) is 7.89. The Labute approximate surface area is 189 Å². The fourth-order valence-electron chi connectivity index (χ4n) is 4.92. The van der Waals surface area contributed by atoms with Gasteiger partial charge in [-0.15, -0.1) is 0 Å². The van der Waals surface area contributed by atoms with E-state index < -0.39 is 0 Å². The van der Waals surface area contributed by atoms with Gasteiger partial charge in [-0.2, -0.15) is 5.10 Å². The summed E-state index contributed by atoms with van der Waals surface area (Å²) in [5.41, 5.74) is 5.27. The molecule has 166 valence electrons. The minimum absolute atomic E-state index is 0.752. The molecule has 1 aliphatic rings. The second-order valence-corrected chi connectivity index (χ2v) is 9.17. The number of rotatable bonds is 9. The molecule has 1 atom stereocenters. The van der Waals surface area contributed by atoms with E-state index in [0.29, 0.717) is 0 Å². The maximum Gasteiger partial charge on any atom is 0.137 e. The molecule has 0 radical (unpaired) electrons. The third-order valence-corrected chi connectivity index (χ3v) is 6.59. The van der Waals surface area contributed by atoms with Crippen molar-refractivity contribution in [3.05, 3.63) is 84.1 Å². The second kappa shape index (κ2) is 9.67. The summed E-state index contributed by atoms with van der Waals surface area (Å²) in [5.74, 6) is 0.765. The number of hydrogen-bond donors (Lipinski definition) is 1. The van der Waals surface area contributed by atoms with Crippen molar-refractivity contribution < 1.29 is 0 Å². The fourth-order valence-corrected chi connectivity index (χ4v) is 4.92. The molecule has 0 amide bonds. The number of nitrogens with one attached hydrogen (secondary N) is 1. The predicted octanol–water partition coefficient (Wildman–Crippen LogP) is 3.80. The third kappa shape index (κ3) is 5.09. The third-order valence-electron chi connectivity index (χ3n) is 6.59. The Morgan fingerprint density at radius 2 is 2.00 bits per heavy atom. The van der Waals surface area contributed by atoms with E-state index in [1.807, 2.05) is 4.68 Å². The molecule has 2 aromatic carbocycles. The van der Waals surface area contributed by atoms with Crippen molar-refractivity contribution in [3.8, 4) is 0 Å². The highest BCUT2D eigenvalue weighted by atomic mass is 15.3. The van der Waals surface area contributed by atoms with Crippen molar-refractivity contribution in [3.63, 3.8) is 0 Å². The van der Waals surface area contributed by atoms with Crippen molar-refractivity contribution in [2.45, 2.75) is 25.9 Å². The van der Waals surface area contributed by atoms with Gasteiger partial charge in [0.05, 0.1) is 6.54 Å². The molecule has 0 bridgehead atoms. The molecule has 1 aliphatic heterocycles. The second-order valence-electron chi connectivity index (χ2n) is 9.17. The lowest BCUT2D eigenvalue weighted by Crippen LogP contribution is -2.29. The first-order valence-electron chi connectivity index (χ1n) is 11.6. The smallest absolute Gasteiger partial charge is 0.137 e. The Morgan fingerprint density at radius 1 is 1.09 bits per heavy atom. The first-order valence-corrected chi connectivity index (χ1v) is 11.6. The van der Waals surface area contributed by atoms with Gasteiger partial charge in [0.15, 0.2) is 0 Å². The van der Waals surface area contributed by atoms with E-state index in [4.69, 9.17) is 0 Å². The van der Waals surface area contributed by atoms with Gasteiger partial charge in [-0.25, -0.2) is 9.67 Å². The first-order chi connectivity index (χ1) is 15.7. The van der Waals surface area contributed by atoms with Gasteiger partial charge in [-0.05, 0) is 61.2 Å². The van der Waals surface area contributed by atoms with Gasteiger partial charge < -0.3 is 9.88 Å². The molecule has 1 unspecified atom stereocenters. The van der Waals surface area contributed by atoms with Gasteiger partial charge >= 0.3 is 0 Å². The summed E-state index contributed by atoms with van der Waals surface area (Å²) in [7, 11) is 2.27. The number of benzene rings is 2. The monoisotopic (exact) mass is 428 g/mol. The molecular formula is C26H32N6. The van der Waals surface area contributed by atoms with Crippen LogP contribution < -0.4 is 0 Å². The van der Waals surface area contributed by atoms with Gasteiger partial charge in [0.2, 0.25) is 0 Å². The van der Waals surface area contributed by atoms with Gasteiger partial charge in [-0.1, -0.05) is 36.4 Å². The van der Waals surface area contributed by atoms with Crippen LogP contribution in [0.1, 0.15) is 23.1 Å². The van der Waals surface area contributed by atoms with Crippen LogP contribution >= 0.6 is 0 Å². The average molecular weight is 429 g/mol. The lowest BCUT2D eigenvalue weighted by atomic mass is 10.1. The molecule has 5 rings (SSSR count). The Morgan fingerprint density at radius 3 is 2.84 bits per heavy atom. The van der Waals surface area contributed by atoms with Crippen LogP contribution in [0.15, 0.2) is 67.4 Å². The first kappa shape index (κ1) is 20.9. The largest absolute Gasteiger partial charge is 0.361 e. The van der Waals surface area contributed by atoms with Gasteiger partial charge in [0.1, 0.15) is 12.7 Å². The molecule has 1 fully saturated rings. The number of H-pyrrole nitrogens is 1. The number of nitrogens with zero attached hydrogens (tertiary/aromatic N) is 5. The van der Waals surface area contributed by atoms with Crippen LogP contribution in [-0.2, 0) is 19.5 Å². The Balaban J connectivity index is 1.13. The van der Waals surface area contributed by atoms with Crippen molar-refractivity contribution >= 4 is 10.9 Å². The molecular weight excluding hydrogens is 396 g/mol. The molecule has 1 saturated heterocycles. The minimum atomic E-state index is 0.752. The van der Waals surface area contributed by atoms with Crippen molar-refractivity contribution in [2.24, 2.45) is 5.92 Å². The van der Waals surface area contributed by atoms with Crippen molar-refractivity contribution in [1.82, 2.24) is 29.5 Å². The number of hydrogen-bond acceptors (Lipinski definition) is 4. The van der Waals surface area contributed by atoms with Crippen molar-refractivity contribution in [1.29, 1.82) is 0 Å². The van der Waals surface area contributed by atoms with Crippen LogP contribution in [0, 0.1) is 5.92 Å². The number of likely N-dealkylation sites (tertiary alicyclic amines) is 1. The van der Waals surface area contributed by atoms with E-state index in [1.165, 1.54) is 53.6 Å². The zero-order valence-corrected chi connectivity index (χ0v) is 18.8. The van der Waals surface area contributed by atoms with Gasteiger partial charge in [0.25, 0.3) is 0 Å². The Kier molecular flexibility index (Phi) is 6.32. The molecule has 0 aliphatic carbocycles. The lowest BCUT2D eigenvalue weighted by Gasteiger charge is -2.21. The van der Waals surface area contributed by atoms with Crippen LogP contribution in [0.4, 0.5) is 0 Å². The van der Waals surface area contributed by atoms with E-state index in [0.717, 1.165) is 32.0 Å². The predicted molar refractivity (Wildman–Crippen MR) is 128 cm³/mol. The van der Waals surface area contributed by atoms with Gasteiger partial charge in [0, 0.05) is 43.3 Å². The fraction of sp³-hybridized carbons (Fsp3) is 0.385. The zero-order valence-electron chi connectivity index (χ0n) is 18.8. The van der Waals surface area contributed by atoms with Crippen LogP contribution in [0.3, 0.4) is 0 Å². The van der Waals surface area contributed by atoms with E-state index in [2.05, 4.69) is 86.6 Å². The Hall–Kier alpha value is -2.96. The summed E-state index contributed by atoms with van der Waals surface area (Å²) in [4.78, 5) is 12.6. The SMILES string of the molecule is CN(CCc1c[nH]c2ccc(Cn3cncn3)cc12)CC1CCN(Cc2ccccc2)C1. The Bertz CT molecular complexity index is 1120. The maximum atomic E-state index is 4.23. The van der Waals surface area contributed by atoms with E-state index in [9.17, 15) is 0 Å². The summed E-state index contributed by atoms with van der Waals surface area (Å²) < 4.78 is 1.87. The van der Waals surface area contributed by atoms with Crippen LogP contribution in [0.2, 0.25) is 0 Å². The van der Waals surface area contributed by atoms with Crippen LogP contribution in [-0.4, -0.2) is 62.8 Å². The molecule has 0 spiro atoms. The summed E-state index contributed by atoms with van der Waals surface area (Å²) in [6.45, 7) is 6.50. The highest BCUT2D eigenvalue weighted by Gasteiger charge is 2.23. The molecule has 6 nitrogen and oxygen atoms in total. The normalized spacial score (nSPS) is 17.0. The topological polar surface area (TPSA) is 53.0 Å². The molecule has 32 heavy (non-hydrogen) atoms. The van der Waals surface area contributed by atoms with Crippen LogP contribution in [0.25, 0.3) is 10.9 Å². The molecule has 2 aromatic heterocycles. The summed E-state index contributed by atoms with van der Waals surface area (Å²) in [5, 5.41) is 5.55. The summed E-state index contributed by atoms with van der Waals surface area (Å²) >= 11 is 0. The number of aromatic nitrogens is 4. The number of likely N-dealkylation sites (N-methyl/N-ethyl adjacent to an activating group) is 1.